The summed E-state index contributed by atoms with van der Waals surface area (Å²) in [6, 6.07) is 8.47. The standard InChI is InChI=1S/C17H26N2O2S/c1-13(12-22-2)17(21)18-9-16(20)11-19-8-7-14-5-3-4-6-15(14)10-19/h3-6,13,16,20H,7-12H2,1-2H3,(H,18,21). The van der Waals surface area contributed by atoms with Gasteiger partial charge in [-0.15, -0.1) is 0 Å². The molecule has 1 aliphatic heterocycles. The number of nitrogens with one attached hydrogen (secondary N) is 1. The Morgan fingerprint density at radius 3 is 2.86 bits per heavy atom. The smallest absolute Gasteiger partial charge is 0.223 e. The molecular formula is C17H26N2O2S. The molecule has 0 saturated carbocycles. The summed E-state index contributed by atoms with van der Waals surface area (Å²) in [4.78, 5) is 14.1. The second kappa shape index (κ2) is 8.56. The van der Waals surface area contributed by atoms with Crippen LogP contribution in [0.25, 0.3) is 0 Å². The fraction of sp³-hybridized carbons (Fsp3) is 0.588. The number of carbonyl (C=O) groups excluding carboxylic acids is 1. The van der Waals surface area contributed by atoms with E-state index in [1.807, 2.05) is 13.2 Å². The van der Waals surface area contributed by atoms with E-state index in [0.717, 1.165) is 25.3 Å². The van der Waals surface area contributed by atoms with Crippen molar-refractivity contribution in [2.24, 2.45) is 5.92 Å². The van der Waals surface area contributed by atoms with E-state index in [0.29, 0.717) is 13.1 Å². The van der Waals surface area contributed by atoms with Crippen LogP contribution in [0.3, 0.4) is 0 Å². The van der Waals surface area contributed by atoms with E-state index in [1.54, 1.807) is 11.8 Å². The van der Waals surface area contributed by atoms with Gasteiger partial charge in [0.15, 0.2) is 0 Å². The van der Waals surface area contributed by atoms with Gasteiger partial charge in [0, 0.05) is 37.8 Å². The van der Waals surface area contributed by atoms with E-state index in [9.17, 15) is 9.90 Å². The highest BCUT2D eigenvalue weighted by Gasteiger charge is 2.19. The number of benzene rings is 1. The fourth-order valence-corrected chi connectivity index (χ4v) is 3.44. The third-order valence-electron chi connectivity index (χ3n) is 4.05. The largest absolute Gasteiger partial charge is 0.390 e. The van der Waals surface area contributed by atoms with E-state index < -0.39 is 6.10 Å². The van der Waals surface area contributed by atoms with Crippen molar-refractivity contribution in [2.75, 3.05) is 31.6 Å². The lowest BCUT2D eigenvalue weighted by atomic mass is 10.00. The molecule has 2 atom stereocenters. The molecule has 0 radical (unpaired) electrons. The number of thioether (sulfide) groups is 1. The first-order valence-electron chi connectivity index (χ1n) is 7.84. The Kier molecular flexibility index (Phi) is 6.73. The monoisotopic (exact) mass is 322 g/mol. The number of rotatable bonds is 7. The van der Waals surface area contributed by atoms with Crippen molar-refractivity contribution in [1.82, 2.24) is 10.2 Å². The molecule has 22 heavy (non-hydrogen) atoms. The highest BCUT2D eigenvalue weighted by molar-refractivity contribution is 7.98. The van der Waals surface area contributed by atoms with E-state index in [-0.39, 0.29) is 11.8 Å². The van der Waals surface area contributed by atoms with Crippen LogP contribution in [-0.4, -0.2) is 53.7 Å². The van der Waals surface area contributed by atoms with Crippen molar-refractivity contribution < 1.29 is 9.90 Å². The van der Waals surface area contributed by atoms with Crippen molar-refractivity contribution in [3.05, 3.63) is 35.4 Å². The summed E-state index contributed by atoms with van der Waals surface area (Å²) in [6.45, 7) is 4.69. The highest BCUT2D eigenvalue weighted by Crippen LogP contribution is 2.18. The minimum Gasteiger partial charge on any atom is -0.390 e. The molecule has 1 amide bonds. The maximum absolute atomic E-state index is 11.8. The minimum atomic E-state index is -0.518. The zero-order chi connectivity index (χ0) is 15.9. The average molecular weight is 322 g/mol. The zero-order valence-corrected chi connectivity index (χ0v) is 14.2. The third kappa shape index (κ3) is 5.00. The summed E-state index contributed by atoms with van der Waals surface area (Å²) in [7, 11) is 0. The number of hydrogen-bond acceptors (Lipinski definition) is 4. The lowest BCUT2D eigenvalue weighted by Crippen LogP contribution is -2.43. The molecular weight excluding hydrogens is 296 g/mol. The van der Waals surface area contributed by atoms with Crippen molar-refractivity contribution in [3.8, 4) is 0 Å². The van der Waals surface area contributed by atoms with E-state index in [2.05, 4.69) is 34.5 Å². The Labute approximate surface area is 137 Å². The van der Waals surface area contributed by atoms with Crippen molar-refractivity contribution >= 4 is 17.7 Å². The number of β-amino-alcohol motifs (C(OH)–C–C–N with tert-alkyl or cyclic N) is 1. The minimum absolute atomic E-state index is 0.0101. The first-order chi connectivity index (χ1) is 10.6. The molecule has 1 heterocycles. The Morgan fingerprint density at radius 1 is 1.41 bits per heavy atom. The van der Waals surface area contributed by atoms with Gasteiger partial charge in [-0.25, -0.2) is 0 Å². The fourth-order valence-electron chi connectivity index (χ4n) is 2.79. The summed E-state index contributed by atoms with van der Waals surface area (Å²) in [5, 5.41) is 13.0. The van der Waals surface area contributed by atoms with Gasteiger partial charge in [-0.05, 0) is 23.8 Å². The summed E-state index contributed by atoms with van der Waals surface area (Å²) in [5.41, 5.74) is 2.76. The van der Waals surface area contributed by atoms with Crippen LogP contribution in [0.5, 0.6) is 0 Å². The maximum atomic E-state index is 11.8. The average Bonchev–Trinajstić information content (AvgIpc) is 2.52. The van der Waals surface area contributed by atoms with E-state index in [4.69, 9.17) is 0 Å². The molecule has 0 saturated heterocycles. The number of aliphatic hydroxyl groups is 1. The molecule has 2 rings (SSSR count). The van der Waals surface area contributed by atoms with Gasteiger partial charge in [0.2, 0.25) is 5.91 Å². The molecule has 0 aliphatic carbocycles. The van der Waals surface area contributed by atoms with Crippen LogP contribution in [0.1, 0.15) is 18.1 Å². The number of amides is 1. The highest BCUT2D eigenvalue weighted by atomic mass is 32.2. The predicted molar refractivity (Wildman–Crippen MR) is 92.0 cm³/mol. The third-order valence-corrected chi connectivity index (χ3v) is 4.89. The van der Waals surface area contributed by atoms with Gasteiger partial charge in [0.05, 0.1) is 6.10 Å². The molecule has 1 aromatic carbocycles. The number of carbonyl (C=O) groups is 1. The SMILES string of the molecule is CSCC(C)C(=O)NCC(O)CN1CCc2ccccc2C1. The maximum Gasteiger partial charge on any atom is 0.223 e. The zero-order valence-electron chi connectivity index (χ0n) is 13.4. The van der Waals surface area contributed by atoms with Gasteiger partial charge in [-0.2, -0.15) is 11.8 Å². The first kappa shape index (κ1) is 17.3. The Balaban J connectivity index is 1.74. The van der Waals surface area contributed by atoms with Gasteiger partial charge in [0.1, 0.15) is 0 Å². The molecule has 0 bridgehead atoms. The van der Waals surface area contributed by atoms with E-state index in [1.165, 1.54) is 11.1 Å². The second-order valence-corrected chi connectivity index (χ2v) is 6.92. The summed E-state index contributed by atoms with van der Waals surface area (Å²) in [5.74, 6) is 0.826. The lowest BCUT2D eigenvalue weighted by Gasteiger charge is -2.30. The van der Waals surface area contributed by atoms with Gasteiger partial charge in [-0.1, -0.05) is 31.2 Å². The molecule has 2 unspecified atom stereocenters. The van der Waals surface area contributed by atoms with Crippen molar-refractivity contribution in [1.29, 1.82) is 0 Å². The molecule has 5 heteroatoms. The molecule has 4 nitrogen and oxygen atoms in total. The molecule has 2 N–H and O–H groups in total. The van der Waals surface area contributed by atoms with Crippen LogP contribution in [0.2, 0.25) is 0 Å². The quantitative estimate of drug-likeness (QED) is 0.799. The molecule has 0 fully saturated rings. The number of nitrogens with zero attached hydrogens (tertiary/aromatic N) is 1. The topological polar surface area (TPSA) is 52.6 Å². The van der Waals surface area contributed by atoms with Crippen molar-refractivity contribution in [2.45, 2.75) is 26.0 Å². The summed E-state index contributed by atoms with van der Waals surface area (Å²) in [6.07, 6.45) is 2.50. The Morgan fingerprint density at radius 2 is 2.14 bits per heavy atom. The molecule has 1 aromatic rings. The number of aliphatic hydroxyl groups excluding tert-OH is 1. The molecule has 122 valence electrons. The summed E-state index contributed by atoms with van der Waals surface area (Å²) >= 11 is 1.66. The normalized spacial score (nSPS) is 17.6. The molecule has 1 aliphatic rings. The number of fused-ring (bicyclic) bond motifs is 1. The lowest BCUT2D eigenvalue weighted by molar-refractivity contribution is -0.124. The number of hydrogen-bond donors (Lipinski definition) is 2. The van der Waals surface area contributed by atoms with Gasteiger partial charge in [0.25, 0.3) is 0 Å². The van der Waals surface area contributed by atoms with Crippen LogP contribution >= 0.6 is 11.8 Å². The Bertz CT molecular complexity index is 495. The van der Waals surface area contributed by atoms with Gasteiger partial charge in [-0.3, -0.25) is 9.69 Å². The predicted octanol–water partition coefficient (Wildman–Crippen LogP) is 1.52. The van der Waals surface area contributed by atoms with Gasteiger partial charge < -0.3 is 10.4 Å². The second-order valence-electron chi connectivity index (χ2n) is 6.01. The van der Waals surface area contributed by atoms with Gasteiger partial charge >= 0.3 is 0 Å². The van der Waals surface area contributed by atoms with Crippen LogP contribution in [0, 0.1) is 5.92 Å². The molecule has 0 aromatic heterocycles. The van der Waals surface area contributed by atoms with Crippen LogP contribution < -0.4 is 5.32 Å². The summed E-state index contributed by atoms with van der Waals surface area (Å²) < 4.78 is 0. The van der Waals surface area contributed by atoms with Crippen LogP contribution in [-0.2, 0) is 17.8 Å². The van der Waals surface area contributed by atoms with Crippen LogP contribution in [0.4, 0.5) is 0 Å². The molecule has 0 spiro atoms. The van der Waals surface area contributed by atoms with E-state index >= 15 is 0 Å². The van der Waals surface area contributed by atoms with Crippen LogP contribution in [0.15, 0.2) is 24.3 Å². The van der Waals surface area contributed by atoms with Crippen molar-refractivity contribution in [3.63, 3.8) is 0 Å². The Hall–Kier alpha value is -1.04. The first-order valence-corrected chi connectivity index (χ1v) is 9.23.